The number of ether oxygens (including phenoxy) is 1. The highest BCUT2D eigenvalue weighted by molar-refractivity contribution is 8.00. The van der Waals surface area contributed by atoms with Crippen molar-refractivity contribution in [1.29, 1.82) is 0 Å². The average Bonchev–Trinajstić information content (AvgIpc) is 2.46. The van der Waals surface area contributed by atoms with Gasteiger partial charge in [0, 0.05) is 30.7 Å². The van der Waals surface area contributed by atoms with Gasteiger partial charge in [0.05, 0.1) is 5.75 Å². The maximum absolute atomic E-state index is 11.8. The van der Waals surface area contributed by atoms with E-state index in [2.05, 4.69) is 5.32 Å². The molecule has 0 aliphatic carbocycles. The molecule has 0 spiro atoms. The third-order valence-electron chi connectivity index (χ3n) is 3.09. The first-order valence-corrected chi connectivity index (χ1v) is 7.55. The van der Waals surface area contributed by atoms with Crippen LogP contribution in [-0.2, 0) is 16.1 Å². The second-order valence-electron chi connectivity index (χ2n) is 4.59. The molecular formula is C14H20N2O2S. The summed E-state index contributed by atoms with van der Waals surface area (Å²) in [6, 6.07) is 8.28. The number of carbonyl (C=O) groups is 1. The van der Waals surface area contributed by atoms with Gasteiger partial charge in [-0.25, -0.2) is 0 Å². The molecule has 1 saturated heterocycles. The summed E-state index contributed by atoms with van der Waals surface area (Å²) < 4.78 is 5.27. The lowest BCUT2D eigenvalue weighted by Gasteiger charge is -2.23. The fourth-order valence-electron chi connectivity index (χ4n) is 2.02. The van der Waals surface area contributed by atoms with Crippen molar-refractivity contribution >= 4 is 17.7 Å². The van der Waals surface area contributed by atoms with E-state index in [1.165, 1.54) is 0 Å². The van der Waals surface area contributed by atoms with Crippen LogP contribution >= 0.6 is 11.8 Å². The van der Waals surface area contributed by atoms with Crippen LogP contribution in [0.5, 0.6) is 0 Å². The first-order valence-electron chi connectivity index (χ1n) is 6.57. The van der Waals surface area contributed by atoms with Gasteiger partial charge in [-0.3, -0.25) is 4.79 Å². The van der Waals surface area contributed by atoms with Gasteiger partial charge >= 0.3 is 0 Å². The van der Waals surface area contributed by atoms with Crippen molar-refractivity contribution in [2.45, 2.75) is 30.3 Å². The van der Waals surface area contributed by atoms with E-state index >= 15 is 0 Å². The number of hydrogen-bond acceptors (Lipinski definition) is 4. The molecule has 19 heavy (non-hydrogen) atoms. The van der Waals surface area contributed by atoms with Gasteiger partial charge in [-0.05, 0) is 30.5 Å². The summed E-state index contributed by atoms with van der Waals surface area (Å²) in [5.41, 5.74) is 6.69. The number of nitrogens with one attached hydrogen (secondary N) is 1. The lowest BCUT2D eigenvalue weighted by molar-refractivity contribution is -0.119. The Morgan fingerprint density at radius 3 is 2.95 bits per heavy atom. The molecule has 0 radical (unpaired) electrons. The zero-order chi connectivity index (χ0) is 13.5. The fraction of sp³-hybridized carbons (Fsp3) is 0.500. The van der Waals surface area contributed by atoms with Crippen LogP contribution in [0, 0.1) is 0 Å². The Hall–Kier alpha value is -1.04. The van der Waals surface area contributed by atoms with E-state index < -0.39 is 0 Å². The van der Waals surface area contributed by atoms with E-state index in [0.29, 0.717) is 12.3 Å². The van der Waals surface area contributed by atoms with Crippen molar-refractivity contribution in [1.82, 2.24) is 5.32 Å². The number of benzene rings is 1. The van der Waals surface area contributed by atoms with E-state index in [1.807, 2.05) is 24.3 Å². The Kier molecular flexibility index (Phi) is 5.69. The highest BCUT2D eigenvalue weighted by Gasteiger charge is 2.15. The molecular weight excluding hydrogens is 260 g/mol. The van der Waals surface area contributed by atoms with E-state index in [0.717, 1.165) is 36.5 Å². The summed E-state index contributed by atoms with van der Waals surface area (Å²) in [5, 5.41) is 3.05. The Morgan fingerprint density at radius 1 is 1.42 bits per heavy atom. The van der Waals surface area contributed by atoms with Crippen LogP contribution in [0.4, 0.5) is 0 Å². The molecule has 2 rings (SSSR count). The molecule has 1 aromatic rings. The topological polar surface area (TPSA) is 64.4 Å². The smallest absolute Gasteiger partial charge is 0.230 e. The van der Waals surface area contributed by atoms with Gasteiger partial charge in [0.25, 0.3) is 0 Å². The molecule has 104 valence electrons. The number of rotatable bonds is 5. The molecule has 3 N–H and O–H groups in total. The van der Waals surface area contributed by atoms with E-state index in [1.54, 1.807) is 11.8 Å². The first-order chi connectivity index (χ1) is 9.28. The largest absolute Gasteiger partial charge is 0.381 e. The minimum Gasteiger partial charge on any atom is -0.381 e. The van der Waals surface area contributed by atoms with E-state index in [4.69, 9.17) is 10.5 Å². The van der Waals surface area contributed by atoms with Crippen LogP contribution in [-0.4, -0.2) is 30.9 Å². The van der Waals surface area contributed by atoms with Crippen LogP contribution in [0.1, 0.15) is 18.4 Å². The quantitative estimate of drug-likeness (QED) is 0.803. The Morgan fingerprint density at radius 2 is 2.21 bits per heavy atom. The van der Waals surface area contributed by atoms with Crippen LogP contribution in [0.3, 0.4) is 0 Å². The first kappa shape index (κ1) is 14.4. The Bertz CT molecular complexity index is 420. The summed E-state index contributed by atoms with van der Waals surface area (Å²) in [7, 11) is 0. The number of amides is 1. The summed E-state index contributed by atoms with van der Waals surface area (Å²) in [6.45, 7) is 2.02. The van der Waals surface area contributed by atoms with Gasteiger partial charge in [-0.1, -0.05) is 12.1 Å². The monoisotopic (exact) mass is 280 g/mol. The predicted octanol–water partition coefficient (Wildman–Crippen LogP) is 1.53. The van der Waals surface area contributed by atoms with E-state index in [-0.39, 0.29) is 11.9 Å². The third-order valence-corrected chi connectivity index (χ3v) is 4.08. The zero-order valence-corrected chi connectivity index (χ0v) is 11.7. The van der Waals surface area contributed by atoms with Gasteiger partial charge in [0.2, 0.25) is 5.91 Å². The van der Waals surface area contributed by atoms with Gasteiger partial charge in [-0.2, -0.15) is 0 Å². The molecule has 5 heteroatoms. The standard InChI is InChI=1S/C14H20N2O2S/c15-9-11-2-1-3-13(8-11)19-10-14(17)16-12-4-6-18-7-5-12/h1-3,8,12H,4-7,9-10,15H2,(H,16,17). The maximum atomic E-state index is 11.8. The van der Waals surface area contributed by atoms with Crippen molar-refractivity contribution in [2.75, 3.05) is 19.0 Å². The predicted molar refractivity (Wildman–Crippen MR) is 77.0 cm³/mol. The van der Waals surface area contributed by atoms with Gasteiger partial charge < -0.3 is 15.8 Å². The molecule has 1 amide bonds. The molecule has 1 fully saturated rings. The average molecular weight is 280 g/mol. The minimum absolute atomic E-state index is 0.0926. The van der Waals surface area contributed by atoms with Crippen molar-refractivity contribution in [3.05, 3.63) is 29.8 Å². The Balaban J connectivity index is 1.76. The number of carbonyl (C=O) groups excluding carboxylic acids is 1. The second-order valence-corrected chi connectivity index (χ2v) is 5.64. The molecule has 0 bridgehead atoms. The third kappa shape index (κ3) is 4.86. The minimum atomic E-state index is 0.0926. The van der Waals surface area contributed by atoms with Gasteiger partial charge in [0.15, 0.2) is 0 Å². The molecule has 0 aromatic heterocycles. The van der Waals surface area contributed by atoms with Gasteiger partial charge in [-0.15, -0.1) is 11.8 Å². The summed E-state index contributed by atoms with van der Waals surface area (Å²) in [4.78, 5) is 12.9. The van der Waals surface area contributed by atoms with Crippen molar-refractivity contribution in [3.63, 3.8) is 0 Å². The molecule has 4 nitrogen and oxygen atoms in total. The molecule has 0 atom stereocenters. The van der Waals surface area contributed by atoms with Crippen LogP contribution < -0.4 is 11.1 Å². The number of thioether (sulfide) groups is 1. The Labute approximate surface area is 118 Å². The van der Waals surface area contributed by atoms with Gasteiger partial charge in [0.1, 0.15) is 0 Å². The maximum Gasteiger partial charge on any atom is 0.230 e. The van der Waals surface area contributed by atoms with Crippen LogP contribution in [0.2, 0.25) is 0 Å². The molecule has 1 heterocycles. The molecule has 0 saturated carbocycles. The molecule has 1 aliphatic rings. The van der Waals surface area contributed by atoms with Crippen molar-refractivity contribution in [2.24, 2.45) is 5.73 Å². The van der Waals surface area contributed by atoms with E-state index in [9.17, 15) is 4.79 Å². The van der Waals surface area contributed by atoms with Crippen molar-refractivity contribution in [3.8, 4) is 0 Å². The summed E-state index contributed by atoms with van der Waals surface area (Å²) >= 11 is 1.55. The summed E-state index contributed by atoms with van der Waals surface area (Å²) in [6.07, 6.45) is 1.83. The summed E-state index contributed by atoms with van der Waals surface area (Å²) in [5.74, 6) is 0.542. The molecule has 0 unspecified atom stereocenters. The number of hydrogen-bond donors (Lipinski definition) is 2. The fourth-order valence-corrected chi connectivity index (χ4v) is 2.81. The second kappa shape index (κ2) is 7.53. The lowest BCUT2D eigenvalue weighted by atomic mass is 10.1. The zero-order valence-electron chi connectivity index (χ0n) is 10.9. The SMILES string of the molecule is NCc1cccc(SCC(=O)NC2CCOCC2)c1. The normalized spacial score (nSPS) is 16.3. The lowest BCUT2D eigenvalue weighted by Crippen LogP contribution is -2.39. The molecule has 1 aromatic carbocycles. The van der Waals surface area contributed by atoms with Crippen LogP contribution in [0.15, 0.2) is 29.2 Å². The highest BCUT2D eigenvalue weighted by Crippen LogP contribution is 2.19. The number of nitrogens with two attached hydrogens (primary N) is 1. The van der Waals surface area contributed by atoms with Crippen molar-refractivity contribution < 1.29 is 9.53 Å². The molecule has 1 aliphatic heterocycles. The van der Waals surface area contributed by atoms with Crippen LogP contribution in [0.25, 0.3) is 0 Å². The highest BCUT2D eigenvalue weighted by atomic mass is 32.2.